The van der Waals surface area contributed by atoms with E-state index in [1.54, 1.807) is 13.0 Å². The molecule has 0 aliphatic carbocycles. The molecule has 3 N–H and O–H groups in total. The lowest BCUT2D eigenvalue weighted by molar-refractivity contribution is 0.210. The van der Waals surface area contributed by atoms with Gasteiger partial charge >= 0.3 is 0 Å². The summed E-state index contributed by atoms with van der Waals surface area (Å²) < 4.78 is -1.51. The Morgan fingerprint density at radius 1 is 1.50 bits per heavy atom. The van der Waals surface area contributed by atoms with E-state index in [0.717, 1.165) is 0 Å². The molecule has 78 valence electrons. The fraction of sp³-hybridized carbons (Fsp3) is 0.667. The molecule has 0 atom stereocenters. The number of allylic oxidation sites excluding steroid dienone is 1. The van der Waals surface area contributed by atoms with Crippen LogP contribution in [0.15, 0.2) is 12.7 Å². The van der Waals surface area contributed by atoms with E-state index in [9.17, 15) is 0 Å². The first-order chi connectivity index (χ1) is 4.47. The summed E-state index contributed by atoms with van der Waals surface area (Å²) in [7, 11) is 0. The monoisotopic (exact) mass is 258 g/mol. The van der Waals surface area contributed by atoms with E-state index in [-0.39, 0.29) is 17.9 Å². The lowest BCUT2D eigenvalue weighted by atomic mass is 10.5. The molecule has 0 heterocycles. The van der Waals surface area contributed by atoms with Gasteiger partial charge in [-0.1, -0.05) is 36.2 Å². The zero-order valence-electron chi connectivity index (χ0n) is 6.69. The van der Waals surface area contributed by atoms with Crippen LogP contribution in [0.3, 0.4) is 0 Å². The first-order valence-electron chi connectivity index (χ1n) is 2.75. The van der Waals surface area contributed by atoms with Gasteiger partial charge in [0, 0.05) is 12.3 Å². The summed E-state index contributed by atoms with van der Waals surface area (Å²) in [6.45, 7) is 5.04. The number of aliphatic hydroxyl groups is 1. The van der Waals surface area contributed by atoms with Crippen LogP contribution in [0.1, 0.15) is 13.3 Å². The predicted octanol–water partition coefficient (Wildman–Crippen LogP) is 2.53. The van der Waals surface area contributed by atoms with Gasteiger partial charge < -0.3 is 10.6 Å². The van der Waals surface area contributed by atoms with E-state index < -0.39 is 4.52 Å². The van der Waals surface area contributed by atoms with Crippen molar-refractivity contribution in [1.29, 1.82) is 0 Å². The minimum Gasteiger partial charge on any atom is -0.412 e. The summed E-state index contributed by atoms with van der Waals surface area (Å²) in [6.07, 6.45) is 2.00. The third-order valence-electron chi connectivity index (χ3n) is 0.534. The molecule has 0 aromatic rings. The molecule has 0 unspecified atom stereocenters. The number of hydrogen-bond donors (Lipinski definition) is 1. The lowest BCUT2D eigenvalue weighted by Crippen LogP contribution is -2.06. The van der Waals surface area contributed by atoms with Crippen molar-refractivity contribution < 1.29 is 10.6 Å². The van der Waals surface area contributed by atoms with Crippen molar-refractivity contribution in [3.63, 3.8) is 0 Å². The first kappa shape index (κ1) is 23.0. The normalized spacial score (nSPS) is 8.08. The van der Waals surface area contributed by atoms with Crippen LogP contribution in [-0.4, -0.2) is 21.0 Å². The molecule has 0 amide bonds. The molecule has 0 aliphatic rings. The smallest absolute Gasteiger partial charge is 0.214 e. The molecule has 0 fully saturated rings. The van der Waals surface area contributed by atoms with Gasteiger partial charge in [0.25, 0.3) is 0 Å². The highest BCUT2D eigenvalue weighted by Gasteiger charge is 2.13. The molecular formula is C6H14Cl4O2. The maximum absolute atomic E-state index is 8.36. The maximum Gasteiger partial charge on any atom is 0.214 e. The summed E-state index contributed by atoms with van der Waals surface area (Å²) in [6, 6.07) is 0. The highest BCUT2D eigenvalue weighted by molar-refractivity contribution is 6.46. The fourth-order valence-electron chi connectivity index (χ4n) is 0. The third kappa shape index (κ3) is 44.9. The number of rotatable bonds is 2. The minimum absolute atomic E-state index is 0. The van der Waals surface area contributed by atoms with E-state index >= 15 is 0 Å². The zero-order valence-corrected chi connectivity index (χ0v) is 9.77. The fourth-order valence-corrected chi connectivity index (χ4v) is 0. The standard InChI is InChI=1S/C3H6Cl2O.C3H5Cl.ClH.H2O/c1-2-3(4,5)6;1-2-3-4;;/h6H,2H2,1H3;2H,1,3H2;1H;1H2. The molecule has 0 saturated carbocycles. The van der Waals surface area contributed by atoms with Crippen LogP contribution in [0, 0.1) is 0 Å². The highest BCUT2D eigenvalue weighted by atomic mass is 35.5. The second-order valence-corrected chi connectivity index (χ2v) is 3.21. The molecule has 0 rings (SSSR count). The second-order valence-electron chi connectivity index (χ2n) is 1.46. The van der Waals surface area contributed by atoms with Crippen molar-refractivity contribution >= 4 is 47.2 Å². The van der Waals surface area contributed by atoms with Gasteiger partial charge in [0.1, 0.15) is 0 Å². The topological polar surface area (TPSA) is 51.7 Å². The molecule has 6 heteroatoms. The van der Waals surface area contributed by atoms with Gasteiger partial charge in [-0.05, 0) is 0 Å². The zero-order chi connectivity index (χ0) is 8.62. The Hall–Kier alpha value is 0.820. The van der Waals surface area contributed by atoms with Gasteiger partial charge in [0.15, 0.2) is 0 Å². The number of alkyl halides is 3. The molecule has 2 nitrogen and oxygen atoms in total. The number of hydrogen-bond acceptors (Lipinski definition) is 1. The molecule has 0 bridgehead atoms. The van der Waals surface area contributed by atoms with Gasteiger partial charge in [0.2, 0.25) is 4.52 Å². The van der Waals surface area contributed by atoms with Crippen LogP contribution in [-0.2, 0) is 0 Å². The summed E-state index contributed by atoms with van der Waals surface area (Å²) in [5, 5.41) is 8.36. The number of halogens is 4. The quantitative estimate of drug-likeness (QED) is 0.601. The molecule has 0 aromatic carbocycles. The summed E-state index contributed by atoms with van der Waals surface area (Å²) in [4.78, 5) is 0. The van der Waals surface area contributed by atoms with Crippen LogP contribution >= 0.6 is 47.2 Å². The summed E-state index contributed by atoms with van der Waals surface area (Å²) in [5.41, 5.74) is 0. The Balaban J connectivity index is -0.0000000483. The van der Waals surface area contributed by atoms with Crippen LogP contribution in [0.2, 0.25) is 0 Å². The van der Waals surface area contributed by atoms with E-state index in [4.69, 9.17) is 39.9 Å². The summed E-state index contributed by atoms with van der Waals surface area (Å²) in [5.74, 6) is 0.556. The van der Waals surface area contributed by atoms with Crippen molar-refractivity contribution in [2.75, 3.05) is 5.88 Å². The molecule has 0 aliphatic heterocycles. The van der Waals surface area contributed by atoms with Crippen LogP contribution in [0.5, 0.6) is 0 Å². The van der Waals surface area contributed by atoms with Crippen molar-refractivity contribution in [2.45, 2.75) is 17.9 Å². The van der Waals surface area contributed by atoms with Crippen molar-refractivity contribution in [3.05, 3.63) is 12.7 Å². The third-order valence-corrected chi connectivity index (χ3v) is 1.29. The van der Waals surface area contributed by atoms with Gasteiger partial charge in [-0.3, -0.25) is 0 Å². The van der Waals surface area contributed by atoms with Crippen molar-refractivity contribution in [3.8, 4) is 0 Å². The molecule has 0 saturated heterocycles. The van der Waals surface area contributed by atoms with E-state index in [2.05, 4.69) is 6.58 Å². The highest BCUT2D eigenvalue weighted by Crippen LogP contribution is 2.19. The first-order valence-corrected chi connectivity index (χ1v) is 4.04. The molecule has 0 spiro atoms. The van der Waals surface area contributed by atoms with Gasteiger partial charge in [-0.15, -0.1) is 30.6 Å². The average molecular weight is 260 g/mol. The van der Waals surface area contributed by atoms with Gasteiger partial charge in [0.05, 0.1) is 0 Å². The maximum atomic E-state index is 8.36. The molecule has 12 heavy (non-hydrogen) atoms. The Kier molecular flexibility index (Phi) is 27.5. The van der Waals surface area contributed by atoms with Crippen LogP contribution in [0.4, 0.5) is 0 Å². The molecular weight excluding hydrogens is 246 g/mol. The van der Waals surface area contributed by atoms with Crippen LogP contribution < -0.4 is 0 Å². The second kappa shape index (κ2) is 14.3. The van der Waals surface area contributed by atoms with E-state index in [1.807, 2.05) is 0 Å². The average Bonchev–Trinajstić information content (AvgIpc) is 1.87. The summed E-state index contributed by atoms with van der Waals surface area (Å²) >= 11 is 15.1. The predicted molar refractivity (Wildman–Crippen MR) is 58.7 cm³/mol. The van der Waals surface area contributed by atoms with Crippen LogP contribution in [0.25, 0.3) is 0 Å². The largest absolute Gasteiger partial charge is 0.412 e. The van der Waals surface area contributed by atoms with Crippen molar-refractivity contribution in [2.24, 2.45) is 0 Å². The Labute approximate surface area is 94.2 Å². The van der Waals surface area contributed by atoms with E-state index in [0.29, 0.717) is 12.3 Å². The minimum atomic E-state index is -1.51. The Morgan fingerprint density at radius 2 is 1.67 bits per heavy atom. The molecule has 0 radical (unpaired) electrons. The van der Waals surface area contributed by atoms with Crippen molar-refractivity contribution in [1.82, 2.24) is 0 Å². The van der Waals surface area contributed by atoms with Gasteiger partial charge in [-0.2, -0.15) is 0 Å². The molecule has 0 aromatic heterocycles. The Bertz CT molecular complexity index is 82.1. The lowest BCUT2D eigenvalue weighted by Gasteiger charge is -2.04. The van der Waals surface area contributed by atoms with Gasteiger partial charge in [-0.25, -0.2) is 0 Å². The van der Waals surface area contributed by atoms with E-state index in [1.165, 1.54) is 0 Å². The SMILES string of the molecule is C=CCCl.CCC(O)(Cl)Cl.Cl.O. The Morgan fingerprint density at radius 3 is 1.67 bits per heavy atom.